The molecule has 1 atom stereocenters. The first-order chi connectivity index (χ1) is 8.99. The molecule has 0 aromatic carbocycles. The van der Waals surface area contributed by atoms with Crippen LogP contribution < -0.4 is 10.6 Å². The zero-order valence-electron chi connectivity index (χ0n) is 11.9. The quantitative estimate of drug-likeness (QED) is 0.787. The summed E-state index contributed by atoms with van der Waals surface area (Å²) in [4.78, 5) is 20.3. The second-order valence-electron chi connectivity index (χ2n) is 4.41. The number of nitrogens with one attached hydrogen (secondary N) is 2. The van der Waals surface area contributed by atoms with Crippen molar-refractivity contribution in [3.63, 3.8) is 0 Å². The van der Waals surface area contributed by atoms with Gasteiger partial charge in [0.15, 0.2) is 0 Å². The Kier molecular flexibility index (Phi) is 6.02. The number of carbonyl (C=O) groups excluding carboxylic acids is 1. The first kappa shape index (κ1) is 15.7. The number of aryl methyl sites for hydroxylation is 1. The molecule has 1 heterocycles. The molecule has 1 aromatic heterocycles. The van der Waals surface area contributed by atoms with E-state index in [2.05, 4.69) is 27.5 Å². The molecule has 6 heteroatoms. The monoisotopic (exact) mass is 284 g/mol. The lowest BCUT2D eigenvalue weighted by atomic mass is 10.2. The number of amides is 1. The van der Waals surface area contributed by atoms with Crippen molar-refractivity contribution in [2.45, 2.75) is 46.6 Å². The Labute approximate surface area is 119 Å². The molecular formula is C13H21ClN4O. The molecule has 0 saturated carbocycles. The lowest BCUT2D eigenvalue weighted by Crippen LogP contribution is -2.37. The van der Waals surface area contributed by atoms with Crippen LogP contribution in [0.15, 0.2) is 0 Å². The van der Waals surface area contributed by atoms with Crippen molar-refractivity contribution in [3.8, 4) is 0 Å². The van der Waals surface area contributed by atoms with Crippen LogP contribution in [0.3, 0.4) is 0 Å². The van der Waals surface area contributed by atoms with Crippen molar-refractivity contribution < 1.29 is 4.79 Å². The predicted octanol–water partition coefficient (Wildman–Crippen LogP) is 2.33. The maximum atomic E-state index is 11.7. The topological polar surface area (TPSA) is 66.9 Å². The molecule has 0 aliphatic rings. The van der Waals surface area contributed by atoms with E-state index in [-0.39, 0.29) is 11.9 Å². The summed E-state index contributed by atoms with van der Waals surface area (Å²) in [6.45, 7) is 8.18. The molecule has 5 nitrogen and oxygen atoms in total. The van der Waals surface area contributed by atoms with Crippen LogP contribution >= 0.6 is 11.6 Å². The number of rotatable bonds is 6. The van der Waals surface area contributed by atoms with Crippen molar-refractivity contribution in [1.82, 2.24) is 15.3 Å². The molecule has 0 aliphatic carbocycles. The molecule has 106 valence electrons. The first-order valence-corrected chi connectivity index (χ1v) is 6.94. The minimum atomic E-state index is -0.362. The van der Waals surface area contributed by atoms with Crippen LogP contribution in [0.2, 0.25) is 5.15 Å². The van der Waals surface area contributed by atoms with Gasteiger partial charge in [0.1, 0.15) is 22.8 Å². The summed E-state index contributed by atoms with van der Waals surface area (Å²) in [6.07, 6.45) is 1.72. The molecule has 1 rings (SSSR count). The van der Waals surface area contributed by atoms with Crippen LogP contribution in [-0.2, 0) is 11.2 Å². The molecular weight excluding hydrogens is 264 g/mol. The highest BCUT2D eigenvalue weighted by molar-refractivity contribution is 6.30. The van der Waals surface area contributed by atoms with Gasteiger partial charge in [0.2, 0.25) is 5.91 Å². The minimum Gasteiger partial charge on any atom is -0.358 e. The lowest BCUT2D eigenvalue weighted by Gasteiger charge is -2.16. The molecule has 0 radical (unpaired) electrons. The van der Waals surface area contributed by atoms with E-state index in [4.69, 9.17) is 11.6 Å². The number of carbonyl (C=O) groups is 1. The highest BCUT2D eigenvalue weighted by atomic mass is 35.5. The van der Waals surface area contributed by atoms with Crippen LogP contribution in [0.5, 0.6) is 0 Å². The Hall–Kier alpha value is -1.36. The van der Waals surface area contributed by atoms with Crippen LogP contribution in [0.4, 0.5) is 5.82 Å². The van der Waals surface area contributed by atoms with Gasteiger partial charge in [-0.1, -0.05) is 18.5 Å². The summed E-state index contributed by atoms with van der Waals surface area (Å²) in [7, 11) is 0. The van der Waals surface area contributed by atoms with Gasteiger partial charge >= 0.3 is 0 Å². The van der Waals surface area contributed by atoms with Gasteiger partial charge in [-0.25, -0.2) is 9.97 Å². The number of nitrogens with zero attached hydrogens (tertiary/aromatic N) is 2. The number of likely N-dealkylation sites (N-methyl/N-ethyl adjacent to an activating group) is 1. The standard InChI is InChI=1S/C13H21ClN4O/c1-5-7-10-17-11(14)8(3)12(18-10)16-9(4)13(19)15-6-2/h9H,5-7H2,1-4H3,(H,15,19)(H,16,17,18). The van der Waals surface area contributed by atoms with Crippen molar-refractivity contribution in [2.24, 2.45) is 0 Å². The highest BCUT2D eigenvalue weighted by Gasteiger charge is 2.15. The summed E-state index contributed by atoms with van der Waals surface area (Å²) in [5.74, 6) is 1.26. The van der Waals surface area contributed by atoms with Crippen LogP contribution in [-0.4, -0.2) is 28.5 Å². The van der Waals surface area contributed by atoms with E-state index in [0.29, 0.717) is 23.3 Å². The maximum absolute atomic E-state index is 11.7. The molecule has 19 heavy (non-hydrogen) atoms. The summed E-state index contributed by atoms with van der Waals surface area (Å²) in [5.41, 5.74) is 0.762. The Morgan fingerprint density at radius 2 is 2.05 bits per heavy atom. The Morgan fingerprint density at radius 3 is 2.63 bits per heavy atom. The molecule has 0 saturated heterocycles. The number of hydrogen-bond acceptors (Lipinski definition) is 4. The second kappa shape index (κ2) is 7.28. The Balaban J connectivity index is 2.90. The van der Waals surface area contributed by atoms with E-state index < -0.39 is 0 Å². The first-order valence-electron chi connectivity index (χ1n) is 6.56. The van der Waals surface area contributed by atoms with Gasteiger partial charge in [-0.05, 0) is 27.2 Å². The zero-order chi connectivity index (χ0) is 14.4. The SMILES string of the molecule is CCCc1nc(Cl)c(C)c(NC(C)C(=O)NCC)n1. The van der Waals surface area contributed by atoms with Crippen molar-refractivity contribution in [3.05, 3.63) is 16.5 Å². The van der Waals surface area contributed by atoms with Gasteiger partial charge in [-0.15, -0.1) is 0 Å². The molecule has 1 amide bonds. The molecule has 0 aliphatic heterocycles. The smallest absolute Gasteiger partial charge is 0.242 e. The van der Waals surface area contributed by atoms with Gasteiger partial charge in [0, 0.05) is 18.5 Å². The normalized spacial score (nSPS) is 12.1. The highest BCUT2D eigenvalue weighted by Crippen LogP contribution is 2.21. The van der Waals surface area contributed by atoms with Gasteiger partial charge in [-0.3, -0.25) is 4.79 Å². The summed E-state index contributed by atoms with van der Waals surface area (Å²) in [5, 5.41) is 6.28. The average Bonchev–Trinajstić information content (AvgIpc) is 2.36. The Bertz CT molecular complexity index is 451. The van der Waals surface area contributed by atoms with E-state index in [1.807, 2.05) is 13.8 Å². The number of aromatic nitrogens is 2. The average molecular weight is 285 g/mol. The number of halogens is 1. The van der Waals surface area contributed by atoms with Gasteiger partial charge < -0.3 is 10.6 Å². The van der Waals surface area contributed by atoms with Gasteiger partial charge in [0.05, 0.1) is 0 Å². The van der Waals surface area contributed by atoms with E-state index in [9.17, 15) is 4.79 Å². The molecule has 0 spiro atoms. The fourth-order valence-electron chi connectivity index (χ4n) is 1.61. The third kappa shape index (κ3) is 4.35. The molecule has 0 fully saturated rings. The Morgan fingerprint density at radius 1 is 1.37 bits per heavy atom. The molecule has 0 bridgehead atoms. The molecule has 1 aromatic rings. The maximum Gasteiger partial charge on any atom is 0.242 e. The van der Waals surface area contributed by atoms with Gasteiger partial charge in [0.25, 0.3) is 0 Å². The second-order valence-corrected chi connectivity index (χ2v) is 4.77. The molecule has 2 N–H and O–H groups in total. The fraction of sp³-hybridized carbons (Fsp3) is 0.615. The van der Waals surface area contributed by atoms with Crippen molar-refractivity contribution >= 4 is 23.3 Å². The third-order valence-corrected chi connectivity index (χ3v) is 3.07. The van der Waals surface area contributed by atoms with Gasteiger partial charge in [-0.2, -0.15) is 0 Å². The van der Waals surface area contributed by atoms with E-state index >= 15 is 0 Å². The summed E-state index contributed by atoms with van der Waals surface area (Å²) in [6, 6.07) is -0.362. The largest absolute Gasteiger partial charge is 0.358 e. The van der Waals surface area contributed by atoms with Crippen LogP contribution in [0, 0.1) is 6.92 Å². The summed E-state index contributed by atoms with van der Waals surface area (Å²) < 4.78 is 0. The number of hydrogen-bond donors (Lipinski definition) is 2. The fourth-order valence-corrected chi connectivity index (χ4v) is 1.79. The summed E-state index contributed by atoms with van der Waals surface area (Å²) >= 11 is 6.09. The number of anilines is 1. The predicted molar refractivity (Wildman–Crippen MR) is 77.5 cm³/mol. The molecule has 1 unspecified atom stereocenters. The lowest BCUT2D eigenvalue weighted by molar-refractivity contribution is -0.121. The van der Waals surface area contributed by atoms with E-state index in [1.54, 1.807) is 6.92 Å². The minimum absolute atomic E-state index is 0.0614. The van der Waals surface area contributed by atoms with Crippen LogP contribution in [0.1, 0.15) is 38.6 Å². The van der Waals surface area contributed by atoms with E-state index in [1.165, 1.54) is 0 Å². The van der Waals surface area contributed by atoms with E-state index in [0.717, 1.165) is 18.4 Å². The zero-order valence-corrected chi connectivity index (χ0v) is 12.6. The third-order valence-electron chi connectivity index (χ3n) is 2.70. The van der Waals surface area contributed by atoms with Crippen LogP contribution in [0.25, 0.3) is 0 Å². The van der Waals surface area contributed by atoms with Crippen molar-refractivity contribution in [1.29, 1.82) is 0 Å². The van der Waals surface area contributed by atoms with Crippen molar-refractivity contribution in [2.75, 3.05) is 11.9 Å².